The maximum atomic E-state index is 12.2. The summed E-state index contributed by atoms with van der Waals surface area (Å²) in [6.07, 6.45) is 6.08. The van der Waals surface area contributed by atoms with Crippen LogP contribution in [-0.2, 0) is 9.59 Å². The quantitative estimate of drug-likeness (QED) is 0.820. The van der Waals surface area contributed by atoms with Crippen molar-refractivity contribution in [2.75, 3.05) is 0 Å². The van der Waals surface area contributed by atoms with Crippen LogP contribution in [0.5, 0.6) is 0 Å². The summed E-state index contributed by atoms with van der Waals surface area (Å²) in [5.74, 6) is -1.33. The lowest BCUT2D eigenvalue weighted by atomic mass is 9.82. The minimum absolute atomic E-state index is 0.273. The van der Waals surface area contributed by atoms with Gasteiger partial charge in [-0.15, -0.1) is 0 Å². The van der Waals surface area contributed by atoms with Crippen molar-refractivity contribution < 1.29 is 19.1 Å². The number of aromatic nitrogens is 1. The van der Waals surface area contributed by atoms with Gasteiger partial charge in [0.1, 0.15) is 11.8 Å². The number of nitrogens with zero attached hydrogens (tertiary/aromatic N) is 1. The van der Waals surface area contributed by atoms with Crippen molar-refractivity contribution in [1.82, 2.24) is 10.3 Å². The molecule has 108 valence electrons. The van der Waals surface area contributed by atoms with Crippen molar-refractivity contribution in [3.05, 3.63) is 30.0 Å². The average Bonchev–Trinajstić information content (AvgIpc) is 2.85. The number of allylic oxidation sites excluding steroid dienone is 2. The molecule has 1 aliphatic carbocycles. The fraction of sp³-hybridized carbons (Fsp3) is 0.500. The predicted octanol–water partition coefficient (Wildman–Crippen LogP) is 1.83. The van der Waals surface area contributed by atoms with Crippen LogP contribution in [0.3, 0.4) is 0 Å². The number of carbonyl (C=O) groups is 2. The zero-order chi connectivity index (χ0) is 14.7. The van der Waals surface area contributed by atoms with Crippen LogP contribution in [0.15, 0.2) is 22.8 Å². The number of hydrogen-bond donors (Lipinski definition) is 2. The van der Waals surface area contributed by atoms with Crippen molar-refractivity contribution in [2.24, 2.45) is 11.8 Å². The van der Waals surface area contributed by atoms with Crippen molar-refractivity contribution in [1.29, 1.82) is 0 Å². The van der Waals surface area contributed by atoms with Crippen LogP contribution in [0.25, 0.3) is 0 Å². The number of amides is 1. The maximum Gasteiger partial charge on any atom is 0.307 e. The zero-order valence-electron chi connectivity index (χ0n) is 11.5. The van der Waals surface area contributed by atoms with E-state index in [4.69, 9.17) is 9.52 Å². The molecule has 1 aromatic rings. The third kappa shape index (κ3) is 3.07. The number of aryl methyl sites for hydroxylation is 1. The van der Waals surface area contributed by atoms with Gasteiger partial charge in [0.05, 0.1) is 18.0 Å². The highest BCUT2D eigenvalue weighted by molar-refractivity contribution is 5.85. The van der Waals surface area contributed by atoms with Crippen molar-refractivity contribution in [2.45, 2.75) is 32.7 Å². The summed E-state index contributed by atoms with van der Waals surface area (Å²) in [6.45, 7) is 3.54. The molecule has 20 heavy (non-hydrogen) atoms. The SMILES string of the molecule is Cc1cnc(C(C)NC(=O)C2CC=CCC2C(=O)O)o1. The standard InChI is InChI=1S/C14H18N2O4/c1-8-7-15-13(20-8)9(2)16-12(17)10-5-3-4-6-11(10)14(18)19/h3-4,7,9-11H,5-6H2,1-2H3,(H,16,17)(H,18,19). The van der Waals surface area contributed by atoms with Gasteiger partial charge in [-0.25, -0.2) is 4.98 Å². The first-order chi connectivity index (χ1) is 9.49. The molecule has 6 heteroatoms. The average molecular weight is 278 g/mol. The van der Waals surface area contributed by atoms with E-state index in [1.807, 2.05) is 12.2 Å². The molecular formula is C14H18N2O4. The van der Waals surface area contributed by atoms with Crippen LogP contribution in [0.4, 0.5) is 0 Å². The number of rotatable bonds is 4. The van der Waals surface area contributed by atoms with Crippen LogP contribution in [0.1, 0.15) is 37.5 Å². The Hall–Kier alpha value is -2.11. The molecule has 3 unspecified atom stereocenters. The van der Waals surface area contributed by atoms with Gasteiger partial charge in [-0.3, -0.25) is 9.59 Å². The van der Waals surface area contributed by atoms with E-state index in [-0.39, 0.29) is 11.9 Å². The zero-order valence-corrected chi connectivity index (χ0v) is 11.5. The normalized spacial score (nSPS) is 23.3. The number of carboxylic acid groups (broad SMARTS) is 1. The van der Waals surface area contributed by atoms with Gasteiger partial charge in [0.25, 0.3) is 0 Å². The fourth-order valence-corrected chi connectivity index (χ4v) is 2.33. The highest BCUT2D eigenvalue weighted by Gasteiger charge is 2.34. The summed E-state index contributed by atoms with van der Waals surface area (Å²) >= 11 is 0. The second-order valence-electron chi connectivity index (χ2n) is 5.03. The van der Waals surface area contributed by atoms with E-state index < -0.39 is 17.8 Å². The summed E-state index contributed by atoms with van der Waals surface area (Å²) in [7, 11) is 0. The molecule has 0 aromatic carbocycles. The molecule has 3 atom stereocenters. The summed E-state index contributed by atoms with van der Waals surface area (Å²) in [6, 6.07) is -0.378. The molecular weight excluding hydrogens is 260 g/mol. The number of carbonyl (C=O) groups excluding carboxylic acids is 1. The lowest BCUT2D eigenvalue weighted by molar-refractivity contribution is -0.147. The third-order valence-corrected chi connectivity index (χ3v) is 3.45. The first-order valence-corrected chi connectivity index (χ1v) is 6.59. The van der Waals surface area contributed by atoms with Gasteiger partial charge in [0.15, 0.2) is 0 Å². The monoisotopic (exact) mass is 278 g/mol. The highest BCUT2D eigenvalue weighted by atomic mass is 16.4. The van der Waals surface area contributed by atoms with Crippen molar-refractivity contribution >= 4 is 11.9 Å². The Morgan fingerprint density at radius 2 is 2.05 bits per heavy atom. The minimum Gasteiger partial charge on any atom is -0.481 e. The molecule has 1 amide bonds. The third-order valence-electron chi connectivity index (χ3n) is 3.45. The molecule has 1 aromatic heterocycles. The highest BCUT2D eigenvalue weighted by Crippen LogP contribution is 2.27. The van der Waals surface area contributed by atoms with Crippen LogP contribution in [-0.4, -0.2) is 22.0 Å². The van der Waals surface area contributed by atoms with Gasteiger partial charge in [0, 0.05) is 0 Å². The van der Waals surface area contributed by atoms with Gasteiger partial charge in [0.2, 0.25) is 11.8 Å². The van der Waals surface area contributed by atoms with Crippen LogP contribution < -0.4 is 5.32 Å². The van der Waals surface area contributed by atoms with Crippen molar-refractivity contribution in [3.63, 3.8) is 0 Å². The Balaban J connectivity index is 2.03. The molecule has 0 saturated carbocycles. The van der Waals surface area contributed by atoms with Gasteiger partial charge in [-0.1, -0.05) is 12.2 Å². The predicted molar refractivity (Wildman–Crippen MR) is 70.8 cm³/mol. The Bertz CT molecular complexity index is 535. The lowest BCUT2D eigenvalue weighted by Gasteiger charge is -2.25. The molecule has 1 aliphatic rings. The largest absolute Gasteiger partial charge is 0.481 e. The molecule has 0 fully saturated rings. The molecule has 0 saturated heterocycles. The summed E-state index contributed by atoms with van der Waals surface area (Å²) in [5, 5.41) is 11.9. The fourth-order valence-electron chi connectivity index (χ4n) is 2.33. The molecule has 0 spiro atoms. The van der Waals surface area contributed by atoms with E-state index in [1.165, 1.54) is 0 Å². The number of hydrogen-bond acceptors (Lipinski definition) is 4. The lowest BCUT2D eigenvalue weighted by Crippen LogP contribution is -2.39. The van der Waals surface area contributed by atoms with Gasteiger partial charge >= 0.3 is 5.97 Å². The van der Waals surface area contributed by atoms with Crippen molar-refractivity contribution in [3.8, 4) is 0 Å². The summed E-state index contributed by atoms with van der Waals surface area (Å²) in [4.78, 5) is 27.5. The number of aliphatic carboxylic acids is 1. The Kier molecular flexibility index (Phi) is 4.22. The summed E-state index contributed by atoms with van der Waals surface area (Å²) < 4.78 is 5.35. The van der Waals surface area contributed by atoms with Crippen LogP contribution in [0, 0.1) is 18.8 Å². The van der Waals surface area contributed by atoms with Gasteiger partial charge in [-0.05, 0) is 26.7 Å². The second kappa shape index (κ2) is 5.90. The van der Waals surface area contributed by atoms with Gasteiger partial charge in [-0.2, -0.15) is 0 Å². The molecule has 0 aliphatic heterocycles. The topological polar surface area (TPSA) is 92.4 Å². The molecule has 6 nitrogen and oxygen atoms in total. The molecule has 1 heterocycles. The minimum atomic E-state index is -0.936. The van der Waals surface area contributed by atoms with Gasteiger partial charge < -0.3 is 14.8 Å². The van der Waals surface area contributed by atoms with E-state index in [1.54, 1.807) is 20.0 Å². The van der Waals surface area contributed by atoms with E-state index in [0.29, 0.717) is 24.5 Å². The Morgan fingerprint density at radius 1 is 1.40 bits per heavy atom. The molecule has 0 bridgehead atoms. The van der Waals surface area contributed by atoms with E-state index in [2.05, 4.69) is 10.3 Å². The van der Waals surface area contributed by atoms with E-state index >= 15 is 0 Å². The van der Waals surface area contributed by atoms with E-state index in [9.17, 15) is 9.59 Å². The number of oxazole rings is 1. The first-order valence-electron chi connectivity index (χ1n) is 6.59. The Morgan fingerprint density at radius 3 is 2.60 bits per heavy atom. The van der Waals surface area contributed by atoms with Crippen LogP contribution >= 0.6 is 0 Å². The van der Waals surface area contributed by atoms with E-state index in [0.717, 1.165) is 0 Å². The molecule has 0 radical (unpaired) electrons. The molecule has 2 rings (SSSR count). The Labute approximate surface area is 116 Å². The first kappa shape index (κ1) is 14.3. The smallest absolute Gasteiger partial charge is 0.307 e. The van der Waals surface area contributed by atoms with Crippen LogP contribution in [0.2, 0.25) is 0 Å². The summed E-state index contributed by atoms with van der Waals surface area (Å²) in [5.41, 5.74) is 0. The second-order valence-corrected chi connectivity index (χ2v) is 5.03. The molecule has 2 N–H and O–H groups in total. The maximum absolute atomic E-state index is 12.2. The number of carboxylic acids is 1. The number of nitrogens with one attached hydrogen (secondary N) is 1.